The summed E-state index contributed by atoms with van der Waals surface area (Å²) in [5, 5.41) is 6.62. The minimum Gasteiger partial charge on any atom is -0.365 e. The van der Waals surface area contributed by atoms with E-state index in [4.69, 9.17) is 28.9 Å². The van der Waals surface area contributed by atoms with Gasteiger partial charge in [-0.25, -0.2) is 4.68 Å². The number of fused-ring (bicyclic) bond motifs is 1. The van der Waals surface area contributed by atoms with Crippen molar-refractivity contribution in [3.63, 3.8) is 0 Å². The topological polar surface area (TPSA) is 107 Å². The number of carbonyl (C=O) groups is 2. The predicted molar refractivity (Wildman–Crippen MR) is 92.0 cm³/mol. The van der Waals surface area contributed by atoms with E-state index in [0.717, 1.165) is 34.4 Å². The predicted octanol–water partition coefficient (Wildman–Crippen LogP) is 1.84. The Morgan fingerprint density at radius 1 is 1.38 bits per heavy atom. The SMILES string of the molecule is NC(=O)c1c(NC(=O)Cn2ncc(Cl)c(Cl)c2=O)sc2c1CCC2. The Hall–Kier alpha value is -1.90. The zero-order chi connectivity index (χ0) is 17.4. The molecule has 2 aromatic heterocycles. The van der Waals surface area contributed by atoms with Crippen molar-refractivity contribution in [1.82, 2.24) is 9.78 Å². The van der Waals surface area contributed by atoms with Crippen molar-refractivity contribution in [2.75, 3.05) is 5.32 Å². The van der Waals surface area contributed by atoms with Crippen LogP contribution >= 0.6 is 34.5 Å². The lowest BCUT2D eigenvalue weighted by Gasteiger charge is -2.07. The van der Waals surface area contributed by atoms with Gasteiger partial charge in [0.05, 0.1) is 16.8 Å². The largest absolute Gasteiger partial charge is 0.365 e. The third kappa shape index (κ3) is 3.04. The lowest BCUT2D eigenvalue weighted by atomic mass is 10.1. The van der Waals surface area contributed by atoms with Gasteiger partial charge in [-0.3, -0.25) is 14.4 Å². The van der Waals surface area contributed by atoms with Crippen LogP contribution in [0.25, 0.3) is 0 Å². The van der Waals surface area contributed by atoms with Gasteiger partial charge in [0, 0.05) is 4.88 Å². The van der Waals surface area contributed by atoms with Crippen molar-refractivity contribution >= 4 is 51.4 Å². The molecule has 0 radical (unpaired) electrons. The summed E-state index contributed by atoms with van der Waals surface area (Å²) in [6, 6.07) is 0. The number of anilines is 1. The van der Waals surface area contributed by atoms with Crippen molar-refractivity contribution < 1.29 is 9.59 Å². The maximum Gasteiger partial charge on any atom is 0.287 e. The normalized spacial score (nSPS) is 12.9. The summed E-state index contributed by atoms with van der Waals surface area (Å²) in [6.45, 7) is -0.351. The van der Waals surface area contributed by atoms with Gasteiger partial charge in [-0.15, -0.1) is 11.3 Å². The zero-order valence-corrected chi connectivity index (χ0v) is 14.6. The molecule has 1 aliphatic rings. The Balaban J connectivity index is 1.83. The van der Waals surface area contributed by atoms with Gasteiger partial charge in [-0.05, 0) is 24.8 Å². The Bertz CT molecular complexity index is 906. The fourth-order valence-electron chi connectivity index (χ4n) is 2.61. The van der Waals surface area contributed by atoms with E-state index in [1.165, 1.54) is 17.5 Å². The van der Waals surface area contributed by atoms with Crippen molar-refractivity contribution in [2.24, 2.45) is 5.73 Å². The maximum absolute atomic E-state index is 12.2. The van der Waals surface area contributed by atoms with Gasteiger partial charge in [0.2, 0.25) is 5.91 Å². The molecule has 126 valence electrons. The molecule has 0 saturated carbocycles. The molecule has 3 N–H and O–H groups in total. The fourth-order valence-corrected chi connectivity index (χ4v) is 4.19. The third-order valence-corrected chi connectivity index (χ3v) is 5.61. The number of nitrogens with two attached hydrogens (primary N) is 1. The maximum atomic E-state index is 12.2. The highest BCUT2D eigenvalue weighted by Crippen LogP contribution is 2.38. The van der Waals surface area contributed by atoms with Crippen LogP contribution in [0.5, 0.6) is 0 Å². The van der Waals surface area contributed by atoms with Gasteiger partial charge in [-0.2, -0.15) is 5.10 Å². The molecule has 2 heterocycles. The molecule has 1 aliphatic carbocycles. The van der Waals surface area contributed by atoms with Crippen LogP contribution < -0.4 is 16.6 Å². The number of aromatic nitrogens is 2. The van der Waals surface area contributed by atoms with Gasteiger partial charge in [0.15, 0.2) is 0 Å². The molecule has 0 atom stereocenters. The van der Waals surface area contributed by atoms with Gasteiger partial charge >= 0.3 is 0 Å². The number of amides is 2. The van der Waals surface area contributed by atoms with E-state index in [9.17, 15) is 14.4 Å². The summed E-state index contributed by atoms with van der Waals surface area (Å²) >= 11 is 12.8. The first-order valence-electron chi connectivity index (χ1n) is 7.03. The Labute approximate surface area is 150 Å². The highest BCUT2D eigenvalue weighted by atomic mass is 35.5. The van der Waals surface area contributed by atoms with E-state index in [1.807, 2.05) is 0 Å². The van der Waals surface area contributed by atoms with Gasteiger partial charge in [-0.1, -0.05) is 23.2 Å². The van der Waals surface area contributed by atoms with Crippen LogP contribution in [-0.2, 0) is 24.2 Å². The summed E-state index contributed by atoms with van der Waals surface area (Å²) in [4.78, 5) is 36.9. The molecule has 0 saturated heterocycles. The van der Waals surface area contributed by atoms with Crippen molar-refractivity contribution in [1.29, 1.82) is 0 Å². The second kappa shape index (κ2) is 6.54. The number of primary amides is 1. The van der Waals surface area contributed by atoms with Crippen molar-refractivity contribution in [3.05, 3.63) is 42.6 Å². The second-order valence-electron chi connectivity index (χ2n) is 5.24. The average molecular weight is 387 g/mol. The summed E-state index contributed by atoms with van der Waals surface area (Å²) in [5.74, 6) is -1.08. The number of thiophene rings is 1. The number of aryl methyl sites for hydroxylation is 1. The highest BCUT2D eigenvalue weighted by Gasteiger charge is 2.26. The van der Waals surface area contributed by atoms with Gasteiger partial charge in [0.1, 0.15) is 16.6 Å². The van der Waals surface area contributed by atoms with Crippen LogP contribution in [0.15, 0.2) is 11.0 Å². The lowest BCUT2D eigenvalue weighted by Crippen LogP contribution is -2.30. The van der Waals surface area contributed by atoms with Crippen molar-refractivity contribution in [3.8, 4) is 0 Å². The summed E-state index contributed by atoms with van der Waals surface area (Å²) in [6.07, 6.45) is 3.79. The molecule has 7 nitrogen and oxygen atoms in total. The molecule has 2 aromatic rings. The summed E-state index contributed by atoms with van der Waals surface area (Å²) in [5.41, 5.74) is 6.04. The van der Waals surface area contributed by atoms with Crippen LogP contribution in [0.4, 0.5) is 5.00 Å². The first-order chi connectivity index (χ1) is 11.4. The minimum absolute atomic E-state index is 0.0176. The fraction of sp³-hybridized carbons (Fsp3) is 0.286. The van der Waals surface area contributed by atoms with Crippen molar-refractivity contribution in [2.45, 2.75) is 25.8 Å². The van der Waals surface area contributed by atoms with E-state index in [-0.39, 0.29) is 16.6 Å². The van der Waals surface area contributed by atoms with Gasteiger partial charge in [0.25, 0.3) is 11.5 Å². The van der Waals surface area contributed by atoms with Crippen LogP contribution in [0.1, 0.15) is 27.2 Å². The number of carbonyl (C=O) groups excluding carboxylic acids is 2. The highest BCUT2D eigenvalue weighted by molar-refractivity contribution is 7.17. The molecule has 3 rings (SSSR count). The molecule has 0 aliphatic heterocycles. The van der Waals surface area contributed by atoms with E-state index in [2.05, 4.69) is 10.4 Å². The standard InChI is InChI=1S/C14H12Cl2N4O3S/c15-7-4-18-20(14(23)11(7)16)5-9(21)19-13-10(12(17)22)6-2-1-3-8(6)24-13/h4H,1-3,5H2,(H2,17,22)(H,19,21). The quantitative estimate of drug-likeness (QED) is 0.835. The molecule has 0 bridgehead atoms. The Morgan fingerprint density at radius 3 is 2.83 bits per heavy atom. The number of rotatable bonds is 4. The molecule has 10 heteroatoms. The minimum atomic E-state index is -0.664. The van der Waals surface area contributed by atoms with E-state index < -0.39 is 17.4 Å². The first-order valence-corrected chi connectivity index (χ1v) is 8.61. The van der Waals surface area contributed by atoms with Crippen LogP contribution in [0, 0.1) is 0 Å². The molecule has 0 fully saturated rings. The van der Waals surface area contributed by atoms with Crippen LogP contribution in [0.3, 0.4) is 0 Å². The summed E-state index contributed by atoms with van der Waals surface area (Å²) < 4.78 is 0.898. The molecular weight excluding hydrogens is 375 g/mol. The molecule has 0 aromatic carbocycles. The van der Waals surface area contributed by atoms with Crippen LogP contribution in [-0.4, -0.2) is 21.6 Å². The zero-order valence-electron chi connectivity index (χ0n) is 12.3. The molecule has 24 heavy (non-hydrogen) atoms. The van der Waals surface area contributed by atoms with Gasteiger partial charge < -0.3 is 11.1 Å². The first kappa shape index (κ1) is 16.9. The molecular formula is C14H12Cl2N4O3S. The number of nitrogens with zero attached hydrogens (tertiary/aromatic N) is 2. The Kier molecular flexibility index (Phi) is 4.62. The third-order valence-electron chi connectivity index (χ3n) is 3.66. The van der Waals surface area contributed by atoms with E-state index >= 15 is 0 Å². The smallest absolute Gasteiger partial charge is 0.287 e. The Morgan fingerprint density at radius 2 is 2.12 bits per heavy atom. The number of halogens is 2. The molecule has 2 amide bonds. The number of hydrogen-bond acceptors (Lipinski definition) is 5. The second-order valence-corrected chi connectivity index (χ2v) is 7.13. The van der Waals surface area contributed by atoms with E-state index in [0.29, 0.717) is 10.6 Å². The molecule has 0 unspecified atom stereocenters. The monoisotopic (exact) mass is 386 g/mol. The number of hydrogen-bond donors (Lipinski definition) is 2. The van der Waals surface area contributed by atoms with E-state index in [1.54, 1.807) is 0 Å². The number of nitrogens with one attached hydrogen (secondary N) is 1. The lowest BCUT2D eigenvalue weighted by molar-refractivity contribution is -0.117. The molecule has 0 spiro atoms. The average Bonchev–Trinajstić information content (AvgIpc) is 3.07. The summed E-state index contributed by atoms with van der Waals surface area (Å²) in [7, 11) is 0. The van der Waals surface area contributed by atoms with Crippen LogP contribution in [0.2, 0.25) is 10.0 Å².